The molecule has 0 amide bonds. The lowest BCUT2D eigenvalue weighted by atomic mass is 10.1. The summed E-state index contributed by atoms with van der Waals surface area (Å²) in [5.41, 5.74) is -0.538. The van der Waals surface area contributed by atoms with Crippen LogP contribution in [0.15, 0.2) is 12.7 Å². The number of rotatable bonds is 1. The van der Waals surface area contributed by atoms with Gasteiger partial charge in [0, 0.05) is 0 Å². The Morgan fingerprint density at radius 2 is 1.90 bits per heavy atom. The molecular weight excluding hydrogens is 128 g/mol. The van der Waals surface area contributed by atoms with E-state index in [2.05, 4.69) is 16.3 Å². The third kappa shape index (κ3) is 0.982. The molecule has 0 fully saturated rings. The third-order valence-electron chi connectivity index (χ3n) is 1.34. The summed E-state index contributed by atoms with van der Waals surface area (Å²) in [6, 6.07) is 2.13. The largest absolute Gasteiger partial charge is 0.301 e. The minimum atomic E-state index is -0.538. The highest BCUT2D eigenvalue weighted by molar-refractivity contribution is 4.98. The predicted octanol–water partition coefficient (Wildman–Crippen LogP) is 0.537. The van der Waals surface area contributed by atoms with Gasteiger partial charge in [-0.15, -0.1) is 10.2 Å². The number of nitriles is 1. The van der Waals surface area contributed by atoms with E-state index in [1.54, 1.807) is 18.4 Å². The maximum atomic E-state index is 8.64. The molecule has 0 aromatic carbocycles. The average molecular weight is 136 g/mol. The van der Waals surface area contributed by atoms with Crippen LogP contribution in [-0.2, 0) is 5.54 Å². The van der Waals surface area contributed by atoms with Crippen molar-refractivity contribution < 1.29 is 0 Å². The second-order valence-corrected chi connectivity index (χ2v) is 2.54. The molecular formula is C6H8N4. The summed E-state index contributed by atoms with van der Waals surface area (Å²) < 4.78 is 1.66. The summed E-state index contributed by atoms with van der Waals surface area (Å²) in [5.74, 6) is 0. The smallest absolute Gasteiger partial charge is 0.128 e. The van der Waals surface area contributed by atoms with E-state index in [0.717, 1.165) is 0 Å². The van der Waals surface area contributed by atoms with E-state index in [1.807, 2.05) is 0 Å². The van der Waals surface area contributed by atoms with Crippen molar-refractivity contribution in [1.29, 1.82) is 5.26 Å². The van der Waals surface area contributed by atoms with Crippen molar-refractivity contribution in [1.82, 2.24) is 14.8 Å². The lowest BCUT2D eigenvalue weighted by Crippen LogP contribution is -2.22. The highest BCUT2D eigenvalue weighted by Crippen LogP contribution is 2.10. The molecule has 0 aliphatic carbocycles. The van der Waals surface area contributed by atoms with Crippen LogP contribution in [0.25, 0.3) is 0 Å². The molecule has 1 rings (SSSR count). The second-order valence-electron chi connectivity index (χ2n) is 2.54. The van der Waals surface area contributed by atoms with Gasteiger partial charge in [0.15, 0.2) is 0 Å². The third-order valence-corrected chi connectivity index (χ3v) is 1.34. The van der Waals surface area contributed by atoms with Gasteiger partial charge in [0.2, 0.25) is 0 Å². The van der Waals surface area contributed by atoms with Gasteiger partial charge in [-0.25, -0.2) is 0 Å². The van der Waals surface area contributed by atoms with Crippen LogP contribution in [0, 0.1) is 11.3 Å². The number of hydrogen-bond donors (Lipinski definition) is 0. The molecule has 0 saturated heterocycles. The normalized spacial score (nSPS) is 10.9. The van der Waals surface area contributed by atoms with E-state index in [1.165, 1.54) is 12.7 Å². The molecule has 1 aromatic rings. The van der Waals surface area contributed by atoms with Gasteiger partial charge in [0.1, 0.15) is 18.2 Å². The molecule has 1 aromatic heterocycles. The molecule has 0 aliphatic rings. The number of aromatic nitrogens is 3. The lowest BCUT2D eigenvalue weighted by Gasteiger charge is -2.14. The minimum absolute atomic E-state index is 0.538. The molecule has 10 heavy (non-hydrogen) atoms. The molecule has 0 spiro atoms. The molecule has 4 heteroatoms. The van der Waals surface area contributed by atoms with Gasteiger partial charge < -0.3 is 4.57 Å². The van der Waals surface area contributed by atoms with E-state index in [0.29, 0.717) is 0 Å². The maximum Gasteiger partial charge on any atom is 0.128 e. The zero-order valence-corrected chi connectivity index (χ0v) is 5.94. The van der Waals surface area contributed by atoms with E-state index >= 15 is 0 Å². The average Bonchev–Trinajstić information content (AvgIpc) is 2.38. The molecule has 52 valence electrons. The summed E-state index contributed by atoms with van der Waals surface area (Å²) in [4.78, 5) is 0. The van der Waals surface area contributed by atoms with Crippen molar-refractivity contribution in [2.45, 2.75) is 19.4 Å². The lowest BCUT2D eigenvalue weighted by molar-refractivity contribution is 0.466. The zero-order chi connectivity index (χ0) is 7.61. The van der Waals surface area contributed by atoms with Crippen LogP contribution in [-0.4, -0.2) is 14.8 Å². The first kappa shape index (κ1) is 6.75. The van der Waals surface area contributed by atoms with Gasteiger partial charge in [-0.05, 0) is 13.8 Å². The maximum absolute atomic E-state index is 8.64. The van der Waals surface area contributed by atoms with E-state index in [4.69, 9.17) is 5.26 Å². The van der Waals surface area contributed by atoms with Crippen LogP contribution in [0.1, 0.15) is 13.8 Å². The Bertz CT molecular complexity index is 241. The van der Waals surface area contributed by atoms with Gasteiger partial charge in [-0.2, -0.15) is 5.26 Å². The fourth-order valence-corrected chi connectivity index (χ4v) is 0.547. The number of nitrogens with zero attached hydrogens (tertiary/aromatic N) is 4. The molecule has 1 heterocycles. The van der Waals surface area contributed by atoms with E-state index in [-0.39, 0.29) is 0 Å². The first-order chi connectivity index (χ1) is 4.67. The van der Waals surface area contributed by atoms with Crippen LogP contribution in [0.4, 0.5) is 0 Å². The topological polar surface area (TPSA) is 54.5 Å². The Labute approximate surface area is 59.1 Å². The summed E-state index contributed by atoms with van der Waals surface area (Å²) in [5, 5.41) is 15.8. The Balaban J connectivity index is 2.99. The number of hydrogen-bond acceptors (Lipinski definition) is 3. The highest BCUT2D eigenvalue weighted by Gasteiger charge is 2.17. The molecule has 0 atom stereocenters. The Kier molecular flexibility index (Phi) is 1.42. The summed E-state index contributed by atoms with van der Waals surface area (Å²) >= 11 is 0. The van der Waals surface area contributed by atoms with Gasteiger partial charge in [-0.1, -0.05) is 0 Å². The van der Waals surface area contributed by atoms with Gasteiger partial charge in [0.25, 0.3) is 0 Å². The standard InChI is InChI=1S/C6H8N4/c1-6(2,3-7)10-4-8-9-5-10/h4-5H,1-2H3. The molecule has 0 bridgehead atoms. The summed E-state index contributed by atoms with van der Waals surface area (Å²) in [6.07, 6.45) is 3.06. The zero-order valence-electron chi connectivity index (χ0n) is 5.94. The second kappa shape index (κ2) is 2.10. The van der Waals surface area contributed by atoms with Crippen LogP contribution in [0.2, 0.25) is 0 Å². The van der Waals surface area contributed by atoms with Crippen LogP contribution in [0.5, 0.6) is 0 Å². The van der Waals surface area contributed by atoms with Crippen LogP contribution < -0.4 is 0 Å². The molecule has 0 unspecified atom stereocenters. The van der Waals surface area contributed by atoms with Crippen molar-refractivity contribution in [3.63, 3.8) is 0 Å². The summed E-state index contributed by atoms with van der Waals surface area (Å²) in [6.45, 7) is 3.60. The van der Waals surface area contributed by atoms with Gasteiger partial charge >= 0.3 is 0 Å². The fraction of sp³-hybridized carbons (Fsp3) is 0.500. The van der Waals surface area contributed by atoms with Gasteiger partial charge in [-0.3, -0.25) is 0 Å². The first-order valence-corrected chi connectivity index (χ1v) is 2.93. The Morgan fingerprint density at radius 1 is 1.40 bits per heavy atom. The molecule has 0 aliphatic heterocycles. The molecule has 0 saturated carbocycles. The van der Waals surface area contributed by atoms with E-state index in [9.17, 15) is 0 Å². The summed E-state index contributed by atoms with van der Waals surface area (Å²) in [7, 11) is 0. The van der Waals surface area contributed by atoms with Gasteiger partial charge in [0.05, 0.1) is 6.07 Å². The highest BCUT2D eigenvalue weighted by atomic mass is 15.3. The fourth-order valence-electron chi connectivity index (χ4n) is 0.547. The van der Waals surface area contributed by atoms with Crippen molar-refractivity contribution in [2.75, 3.05) is 0 Å². The van der Waals surface area contributed by atoms with Crippen molar-refractivity contribution >= 4 is 0 Å². The van der Waals surface area contributed by atoms with E-state index < -0.39 is 5.54 Å². The predicted molar refractivity (Wildman–Crippen MR) is 35.0 cm³/mol. The van der Waals surface area contributed by atoms with Crippen molar-refractivity contribution in [3.05, 3.63) is 12.7 Å². The minimum Gasteiger partial charge on any atom is -0.301 e. The Hall–Kier alpha value is -1.37. The monoisotopic (exact) mass is 136 g/mol. The molecule has 4 nitrogen and oxygen atoms in total. The molecule has 0 radical (unpaired) electrons. The first-order valence-electron chi connectivity index (χ1n) is 2.93. The van der Waals surface area contributed by atoms with Crippen LogP contribution >= 0.6 is 0 Å². The van der Waals surface area contributed by atoms with Crippen molar-refractivity contribution in [2.24, 2.45) is 0 Å². The Morgan fingerprint density at radius 3 is 2.30 bits per heavy atom. The molecule has 0 N–H and O–H groups in total. The van der Waals surface area contributed by atoms with Crippen molar-refractivity contribution in [3.8, 4) is 6.07 Å². The van der Waals surface area contributed by atoms with Crippen LogP contribution in [0.3, 0.4) is 0 Å². The quantitative estimate of drug-likeness (QED) is 0.566. The SMILES string of the molecule is CC(C)(C#N)n1cnnc1.